The van der Waals surface area contributed by atoms with Crippen LogP contribution in [0.15, 0.2) is 24.3 Å². The van der Waals surface area contributed by atoms with Crippen molar-refractivity contribution in [1.82, 2.24) is 0 Å². The van der Waals surface area contributed by atoms with Crippen LogP contribution in [0, 0.1) is 0 Å². The molecule has 0 spiro atoms. The van der Waals surface area contributed by atoms with Crippen LogP contribution in [0.3, 0.4) is 0 Å². The molecule has 0 aromatic heterocycles. The molecule has 1 aromatic rings. The summed E-state index contributed by atoms with van der Waals surface area (Å²) in [6, 6.07) is 7.56. The van der Waals surface area contributed by atoms with Crippen LogP contribution in [-0.4, -0.2) is 18.6 Å². The molecule has 1 rings (SSSR count). The number of unbranched alkanes of at least 4 members (excludes halogenated alkanes) is 4. The Morgan fingerprint density at radius 2 is 2.00 bits per heavy atom. The van der Waals surface area contributed by atoms with Crippen LogP contribution in [0.1, 0.15) is 52.4 Å². The average Bonchev–Trinajstić information content (AvgIpc) is 2.47. The van der Waals surface area contributed by atoms with Crippen LogP contribution in [0.2, 0.25) is 0 Å². The van der Waals surface area contributed by atoms with Crippen LogP contribution in [0.5, 0.6) is 5.75 Å². The van der Waals surface area contributed by atoms with Gasteiger partial charge in [-0.1, -0.05) is 45.1 Å². The van der Waals surface area contributed by atoms with Gasteiger partial charge in [-0.05, 0) is 25.5 Å². The lowest BCUT2D eigenvalue weighted by Gasteiger charge is -2.29. The normalized spacial score (nSPS) is 13.5. The molecule has 0 fully saturated rings. The third-order valence-electron chi connectivity index (χ3n) is 3.81. The fraction of sp³-hybridized carbons (Fsp3) is 0.588. The zero-order valence-corrected chi connectivity index (χ0v) is 13.4. The number of nitrogens with one attached hydrogen (secondary N) is 1. The summed E-state index contributed by atoms with van der Waals surface area (Å²) in [7, 11) is 1.63. The number of benzene rings is 1. The van der Waals surface area contributed by atoms with Crippen molar-refractivity contribution >= 4 is 11.6 Å². The van der Waals surface area contributed by atoms with Crippen LogP contribution in [0.25, 0.3) is 0 Å². The van der Waals surface area contributed by atoms with E-state index in [9.17, 15) is 4.79 Å². The van der Waals surface area contributed by atoms with Crippen molar-refractivity contribution in [3.05, 3.63) is 24.3 Å². The maximum absolute atomic E-state index is 11.8. The third-order valence-corrected chi connectivity index (χ3v) is 3.81. The van der Waals surface area contributed by atoms with Crippen molar-refractivity contribution in [3.8, 4) is 5.75 Å². The van der Waals surface area contributed by atoms with Crippen molar-refractivity contribution in [2.75, 3.05) is 12.4 Å². The minimum absolute atomic E-state index is 0.319. The molecule has 1 unspecified atom stereocenters. The molecule has 4 nitrogen and oxygen atoms in total. The first-order valence-electron chi connectivity index (χ1n) is 7.74. The number of anilines is 1. The molecule has 4 heteroatoms. The largest absolute Gasteiger partial charge is 0.497 e. The molecule has 0 bridgehead atoms. The van der Waals surface area contributed by atoms with Crippen LogP contribution in [0.4, 0.5) is 5.69 Å². The minimum atomic E-state index is -0.724. The summed E-state index contributed by atoms with van der Waals surface area (Å²) in [4.78, 5) is 11.8. The molecule has 0 radical (unpaired) electrons. The summed E-state index contributed by atoms with van der Waals surface area (Å²) < 4.78 is 5.20. The number of carbonyl (C=O) groups excluding carboxylic acids is 1. The number of carbonyl (C=O) groups is 1. The fourth-order valence-electron chi connectivity index (χ4n) is 2.35. The summed E-state index contributed by atoms with van der Waals surface area (Å²) in [5.41, 5.74) is 5.73. The van der Waals surface area contributed by atoms with Gasteiger partial charge in [-0.25, -0.2) is 0 Å². The zero-order valence-electron chi connectivity index (χ0n) is 13.4. The monoisotopic (exact) mass is 292 g/mol. The lowest BCUT2D eigenvalue weighted by atomic mass is 9.92. The predicted octanol–water partition coefficient (Wildman–Crippen LogP) is 3.71. The van der Waals surface area contributed by atoms with Gasteiger partial charge in [0.2, 0.25) is 5.91 Å². The Kier molecular flexibility index (Phi) is 7.06. The molecule has 0 saturated heterocycles. The Balaban J connectivity index is 2.64. The van der Waals surface area contributed by atoms with E-state index in [4.69, 9.17) is 10.5 Å². The SMILES string of the molecule is CCCCCCCC(C)(Nc1cccc(OC)c1)C(N)=O. The standard InChI is InChI=1S/C17H28N2O2/c1-4-5-6-7-8-12-17(2,16(18)20)19-14-10-9-11-15(13-14)21-3/h9-11,13,19H,4-8,12H2,1-3H3,(H2,18,20). The van der Waals surface area contributed by atoms with E-state index >= 15 is 0 Å². The van der Waals surface area contributed by atoms with Crippen LogP contribution in [-0.2, 0) is 4.79 Å². The van der Waals surface area contributed by atoms with Gasteiger partial charge in [-0.15, -0.1) is 0 Å². The van der Waals surface area contributed by atoms with Gasteiger partial charge < -0.3 is 15.8 Å². The first kappa shape index (κ1) is 17.3. The maximum atomic E-state index is 11.8. The summed E-state index contributed by atoms with van der Waals surface area (Å²) in [5, 5.41) is 3.27. The lowest BCUT2D eigenvalue weighted by Crippen LogP contribution is -2.47. The fourth-order valence-corrected chi connectivity index (χ4v) is 2.35. The van der Waals surface area contributed by atoms with Crippen molar-refractivity contribution < 1.29 is 9.53 Å². The highest BCUT2D eigenvalue weighted by atomic mass is 16.5. The van der Waals surface area contributed by atoms with Crippen LogP contribution >= 0.6 is 0 Å². The minimum Gasteiger partial charge on any atom is -0.497 e. The number of hydrogen-bond acceptors (Lipinski definition) is 3. The second kappa shape index (κ2) is 8.55. The molecule has 0 aliphatic heterocycles. The molecule has 0 saturated carbocycles. The zero-order chi connectivity index (χ0) is 15.7. The van der Waals surface area contributed by atoms with E-state index in [1.807, 2.05) is 31.2 Å². The topological polar surface area (TPSA) is 64.3 Å². The second-order valence-electron chi connectivity index (χ2n) is 5.72. The Hall–Kier alpha value is -1.71. The highest BCUT2D eigenvalue weighted by molar-refractivity contribution is 5.87. The van der Waals surface area contributed by atoms with Crippen molar-refractivity contribution in [2.24, 2.45) is 5.73 Å². The molecule has 21 heavy (non-hydrogen) atoms. The maximum Gasteiger partial charge on any atom is 0.242 e. The molecule has 0 aliphatic carbocycles. The molecule has 3 N–H and O–H groups in total. The number of methoxy groups -OCH3 is 1. The highest BCUT2D eigenvalue weighted by Crippen LogP contribution is 2.24. The summed E-state index contributed by atoms with van der Waals surface area (Å²) in [6.45, 7) is 4.06. The quantitative estimate of drug-likeness (QED) is 0.646. The predicted molar refractivity (Wildman–Crippen MR) is 87.6 cm³/mol. The number of rotatable bonds is 10. The smallest absolute Gasteiger partial charge is 0.242 e. The summed E-state index contributed by atoms with van der Waals surface area (Å²) in [5.74, 6) is 0.440. The number of amides is 1. The van der Waals surface area contributed by atoms with E-state index in [-0.39, 0.29) is 5.91 Å². The first-order valence-corrected chi connectivity index (χ1v) is 7.74. The molecular weight excluding hydrogens is 264 g/mol. The van der Waals surface area contributed by atoms with Gasteiger partial charge in [0.1, 0.15) is 11.3 Å². The summed E-state index contributed by atoms with van der Waals surface area (Å²) >= 11 is 0. The molecule has 0 aliphatic rings. The van der Waals surface area contributed by atoms with Gasteiger partial charge in [-0.3, -0.25) is 4.79 Å². The number of nitrogens with two attached hydrogens (primary N) is 1. The molecule has 0 heterocycles. The van der Waals surface area contributed by atoms with Crippen molar-refractivity contribution in [1.29, 1.82) is 0 Å². The van der Waals surface area contributed by atoms with E-state index < -0.39 is 5.54 Å². The molecule has 1 atom stereocenters. The molecule has 118 valence electrons. The molecule has 1 aromatic carbocycles. The Morgan fingerprint density at radius 1 is 1.29 bits per heavy atom. The van der Waals surface area contributed by atoms with E-state index in [0.29, 0.717) is 0 Å². The Morgan fingerprint density at radius 3 is 2.62 bits per heavy atom. The lowest BCUT2D eigenvalue weighted by molar-refractivity contribution is -0.122. The molecule has 1 amide bonds. The number of hydrogen-bond donors (Lipinski definition) is 2. The highest BCUT2D eigenvalue weighted by Gasteiger charge is 2.30. The van der Waals surface area contributed by atoms with Crippen molar-refractivity contribution in [3.63, 3.8) is 0 Å². The molecular formula is C17H28N2O2. The van der Waals surface area contributed by atoms with Gasteiger partial charge in [0.05, 0.1) is 7.11 Å². The summed E-state index contributed by atoms with van der Waals surface area (Å²) in [6.07, 6.45) is 6.55. The van der Waals surface area contributed by atoms with E-state index in [1.54, 1.807) is 7.11 Å². The van der Waals surface area contributed by atoms with E-state index in [0.717, 1.165) is 30.7 Å². The Labute approximate surface area is 128 Å². The van der Waals surface area contributed by atoms with Gasteiger partial charge in [0.25, 0.3) is 0 Å². The van der Waals surface area contributed by atoms with E-state index in [2.05, 4.69) is 12.2 Å². The third kappa shape index (κ3) is 5.66. The average molecular weight is 292 g/mol. The first-order chi connectivity index (χ1) is 10.0. The number of primary amides is 1. The van der Waals surface area contributed by atoms with E-state index in [1.165, 1.54) is 19.3 Å². The second-order valence-corrected chi connectivity index (χ2v) is 5.72. The van der Waals surface area contributed by atoms with Gasteiger partial charge in [-0.2, -0.15) is 0 Å². The van der Waals surface area contributed by atoms with Crippen molar-refractivity contribution in [2.45, 2.75) is 57.9 Å². The Bertz CT molecular complexity index is 448. The van der Waals surface area contributed by atoms with Gasteiger partial charge in [0, 0.05) is 11.8 Å². The van der Waals surface area contributed by atoms with Gasteiger partial charge >= 0.3 is 0 Å². The van der Waals surface area contributed by atoms with Crippen LogP contribution < -0.4 is 15.8 Å². The number of ether oxygens (including phenoxy) is 1. The van der Waals surface area contributed by atoms with Gasteiger partial charge in [0.15, 0.2) is 0 Å².